The number of aromatic nitrogens is 1. The number of hydrogen-bond donors (Lipinski definition) is 0. The summed E-state index contributed by atoms with van der Waals surface area (Å²) in [6, 6.07) is 19.5. The second kappa shape index (κ2) is 20.7. The molecule has 298 valence electrons. The van der Waals surface area contributed by atoms with E-state index in [-0.39, 0.29) is 0 Å². The minimum atomic E-state index is 0.361. The molecule has 3 aromatic carbocycles. The number of piperidine rings is 1. The smallest absolute Gasteiger partial charge is 0.203 e. The summed E-state index contributed by atoms with van der Waals surface area (Å²) in [7, 11) is 9.83. The van der Waals surface area contributed by atoms with Crippen LogP contribution >= 0.6 is 11.8 Å². The Morgan fingerprint density at radius 2 is 1.38 bits per heavy atom. The normalized spacial score (nSPS) is 14.2. The van der Waals surface area contributed by atoms with E-state index in [1.54, 1.807) is 54.4 Å². The molecule has 0 spiro atoms. The molecule has 2 heterocycles. The standard InChI is InChI=1S/C46H57N3O6S/c1-10-12-32(22-34(13-11-2)35-24-41(50-3)45(54-7)42(25-35)51-4)30-48-20-18-39(19-21-48)49(38-14-16-40(56-9)17-15-38)31-33-23-37(29-47-28-33)36-26-43(52-5)46(55-8)44(27-36)53-6/h10,12-17,22-29,39H,11,18-21,30-31H2,1-9H3/b12-10-,32-22+,34-13-. The monoisotopic (exact) mass is 779 g/mol. The minimum absolute atomic E-state index is 0.361. The van der Waals surface area contributed by atoms with Gasteiger partial charge in [0.2, 0.25) is 11.5 Å². The van der Waals surface area contributed by atoms with Gasteiger partial charge in [-0.15, -0.1) is 11.8 Å². The van der Waals surface area contributed by atoms with Crippen LogP contribution in [0, 0.1) is 0 Å². The van der Waals surface area contributed by atoms with E-state index in [9.17, 15) is 0 Å². The van der Waals surface area contributed by atoms with Crippen LogP contribution in [0.2, 0.25) is 0 Å². The zero-order valence-corrected chi connectivity index (χ0v) is 35.2. The van der Waals surface area contributed by atoms with Crippen molar-refractivity contribution in [2.24, 2.45) is 0 Å². The number of anilines is 1. The van der Waals surface area contributed by atoms with Gasteiger partial charge >= 0.3 is 0 Å². The molecule has 1 aliphatic rings. The third kappa shape index (κ3) is 10.2. The molecule has 0 bridgehead atoms. The molecule has 4 aromatic rings. The lowest BCUT2D eigenvalue weighted by molar-refractivity contribution is 0.224. The quantitative estimate of drug-likeness (QED) is 0.0720. The summed E-state index contributed by atoms with van der Waals surface area (Å²) in [5.74, 6) is 3.67. The molecule has 5 rings (SSSR count). The van der Waals surface area contributed by atoms with Crippen LogP contribution < -0.4 is 33.3 Å². The lowest BCUT2D eigenvalue weighted by Crippen LogP contribution is -2.45. The second-order valence-electron chi connectivity index (χ2n) is 13.5. The van der Waals surface area contributed by atoms with E-state index in [1.165, 1.54) is 16.2 Å². The van der Waals surface area contributed by atoms with Crippen LogP contribution in [-0.2, 0) is 6.54 Å². The number of allylic oxidation sites excluding steroid dienone is 4. The Labute approximate surface area is 337 Å². The van der Waals surface area contributed by atoms with E-state index < -0.39 is 0 Å². The van der Waals surface area contributed by atoms with Crippen LogP contribution in [0.4, 0.5) is 5.69 Å². The molecule has 0 radical (unpaired) electrons. The van der Waals surface area contributed by atoms with Gasteiger partial charge in [0.1, 0.15) is 0 Å². The molecule has 0 saturated carbocycles. The first-order valence-electron chi connectivity index (χ1n) is 19.0. The van der Waals surface area contributed by atoms with Gasteiger partial charge in [0.15, 0.2) is 23.0 Å². The van der Waals surface area contributed by atoms with Crippen molar-refractivity contribution in [1.82, 2.24) is 9.88 Å². The number of methoxy groups -OCH3 is 6. The van der Waals surface area contributed by atoms with E-state index in [1.807, 2.05) is 36.7 Å². The Morgan fingerprint density at radius 1 is 0.786 bits per heavy atom. The fourth-order valence-corrected chi connectivity index (χ4v) is 7.72. The summed E-state index contributed by atoms with van der Waals surface area (Å²) in [5, 5.41) is 0. The van der Waals surface area contributed by atoms with Gasteiger partial charge in [0, 0.05) is 60.8 Å². The molecule has 9 nitrogen and oxygen atoms in total. The predicted molar refractivity (Wildman–Crippen MR) is 230 cm³/mol. The summed E-state index contributed by atoms with van der Waals surface area (Å²) in [6.07, 6.45) is 17.8. The third-order valence-electron chi connectivity index (χ3n) is 10.1. The van der Waals surface area contributed by atoms with Crippen LogP contribution in [0.15, 0.2) is 102 Å². The van der Waals surface area contributed by atoms with E-state index in [2.05, 4.69) is 84.5 Å². The fourth-order valence-electron chi connectivity index (χ4n) is 7.32. The zero-order chi connectivity index (χ0) is 40.0. The lowest BCUT2D eigenvalue weighted by Gasteiger charge is -2.40. The number of hydrogen-bond acceptors (Lipinski definition) is 10. The number of rotatable bonds is 18. The molecule has 0 amide bonds. The molecule has 0 N–H and O–H groups in total. The van der Waals surface area contributed by atoms with Crippen LogP contribution in [0.5, 0.6) is 34.5 Å². The highest BCUT2D eigenvalue weighted by molar-refractivity contribution is 7.98. The van der Waals surface area contributed by atoms with Crippen molar-refractivity contribution >= 4 is 23.0 Å². The predicted octanol–water partition coefficient (Wildman–Crippen LogP) is 9.99. The highest BCUT2D eigenvalue weighted by Crippen LogP contribution is 2.42. The Kier molecular flexibility index (Phi) is 15.6. The summed E-state index contributed by atoms with van der Waals surface area (Å²) < 4.78 is 33.8. The lowest BCUT2D eigenvalue weighted by atomic mass is 9.98. The number of benzene rings is 3. The van der Waals surface area contributed by atoms with Crippen molar-refractivity contribution in [2.45, 2.75) is 50.6 Å². The highest BCUT2D eigenvalue weighted by Gasteiger charge is 2.26. The molecule has 0 aliphatic carbocycles. The molecule has 10 heteroatoms. The van der Waals surface area contributed by atoms with Crippen molar-refractivity contribution in [3.8, 4) is 45.6 Å². The maximum absolute atomic E-state index is 5.69. The van der Waals surface area contributed by atoms with Crippen molar-refractivity contribution in [3.63, 3.8) is 0 Å². The highest BCUT2D eigenvalue weighted by atomic mass is 32.2. The first kappa shape index (κ1) is 42.1. The van der Waals surface area contributed by atoms with E-state index in [4.69, 9.17) is 33.4 Å². The molecule has 56 heavy (non-hydrogen) atoms. The SMILES string of the molecule is C\C=C/C(=C\C(=C\CC)c1cc(OC)c(OC)c(OC)c1)CN1CCC(N(Cc2cncc(-c3cc(OC)c(OC)c(OC)c3)c2)c2ccc(SC)cc2)CC1. The Bertz CT molecular complexity index is 1940. The van der Waals surface area contributed by atoms with E-state index in [0.717, 1.165) is 73.3 Å². The molecular weight excluding hydrogens is 723 g/mol. The fraction of sp³-hybridized carbons (Fsp3) is 0.370. The van der Waals surface area contributed by atoms with Gasteiger partial charge in [-0.05, 0) is 115 Å². The molecule has 0 unspecified atom stereocenters. The molecule has 1 aromatic heterocycles. The summed E-state index contributed by atoms with van der Waals surface area (Å²) in [5.41, 5.74) is 7.68. The Hall–Kier alpha value is -5.06. The third-order valence-corrected chi connectivity index (χ3v) is 10.8. The molecule has 0 atom stereocenters. The van der Waals surface area contributed by atoms with Gasteiger partial charge in [0.05, 0.1) is 42.7 Å². The molecule has 1 fully saturated rings. The number of thioether (sulfide) groups is 1. The van der Waals surface area contributed by atoms with Crippen LogP contribution in [0.3, 0.4) is 0 Å². The van der Waals surface area contributed by atoms with Gasteiger partial charge in [-0.2, -0.15) is 0 Å². The summed E-state index contributed by atoms with van der Waals surface area (Å²) in [6.45, 7) is 7.80. The van der Waals surface area contributed by atoms with Gasteiger partial charge in [-0.1, -0.05) is 31.2 Å². The Balaban J connectivity index is 1.38. The summed E-state index contributed by atoms with van der Waals surface area (Å²) >= 11 is 1.76. The van der Waals surface area contributed by atoms with Crippen molar-refractivity contribution in [2.75, 3.05) is 73.4 Å². The average molecular weight is 780 g/mol. The minimum Gasteiger partial charge on any atom is -0.493 e. The maximum atomic E-state index is 5.69. The summed E-state index contributed by atoms with van der Waals surface area (Å²) in [4.78, 5) is 11.1. The van der Waals surface area contributed by atoms with Crippen LogP contribution in [-0.4, -0.2) is 84.5 Å². The first-order chi connectivity index (χ1) is 27.3. The van der Waals surface area contributed by atoms with Crippen molar-refractivity contribution in [3.05, 3.63) is 108 Å². The second-order valence-corrected chi connectivity index (χ2v) is 14.4. The molecular formula is C46H57N3O6S. The van der Waals surface area contributed by atoms with Crippen molar-refractivity contribution < 1.29 is 28.4 Å². The van der Waals surface area contributed by atoms with E-state index in [0.29, 0.717) is 40.5 Å². The van der Waals surface area contributed by atoms with Gasteiger partial charge in [-0.3, -0.25) is 9.88 Å². The van der Waals surface area contributed by atoms with E-state index >= 15 is 0 Å². The first-order valence-corrected chi connectivity index (χ1v) is 20.3. The maximum Gasteiger partial charge on any atom is 0.203 e. The topological polar surface area (TPSA) is 74.8 Å². The Morgan fingerprint density at radius 3 is 1.89 bits per heavy atom. The van der Waals surface area contributed by atoms with Gasteiger partial charge < -0.3 is 33.3 Å². The van der Waals surface area contributed by atoms with Gasteiger partial charge in [0.25, 0.3) is 0 Å². The molecule has 1 aliphatic heterocycles. The molecule has 1 saturated heterocycles. The van der Waals surface area contributed by atoms with Crippen LogP contribution in [0.1, 0.15) is 44.2 Å². The largest absolute Gasteiger partial charge is 0.493 e. The average Bonchev–Trinajstić information content (AvgIpc) is 3.24. The van der Waals surface area contributed by atoms with Gasteiger partial charge in [-0.25, -0.2) is 0 Å². The van der Waals surface area contributed by atoms with Crippen LogP contribution in [0.25, 0.3) is 16.7 Å². The zero-order valence-electron chi connectivity index (χ0n) is 34.4. The number of ether oxygens (including phenoxy) is 6. The number of likely N-dealkylation sites (tertiary alicyclic amines) is 1. The number of pyridine rings is 1. The number of nitrogens with zero attached hydrogens (tertiary/aromatic N) is 3. The van der Waals surface area contributed by atoms with Crippen molar-refractivity contribution in [1.29, 1.82) is 0 Å².